The van der Waals surface area contributed by atoms with Crippen molar-refractivity contribution in [3.8, 4) is 0 Å². The molecule has 7 nitrogen and oxygen atoms in total. The molecule has 0 aliphatic carbocycles. The quantitative estimate of drug-likeness (QED) is 0.825. The summed E-state index contributed by atoms with van der Waals surface area (Å²) in [4.78, 5) is 30.7. The molecule has 0 spiro atoms. The summed E-state index contributed by atoms with van der Waals surface area (Å²) >= 11 is 0. The van der Waals surface area contributed by atoms with Crippen molar-refractivity contribution in [2.75, 3.05) is 31.9 Å². The van der Waals surface area contributed by atoms with Gasteiger partial charge < -0.3 is 25.3 Å². The summed E-state index contributed by atoms with van der Waals surface area (Å²) in [5.74, 6) is -0.0947. The van der Waals surface area contributed by atoms with Crippen molar-refractivity contribution in [1.82, 2.24) is 14.8 Å². The third-order valence-electron chi connectivity index (χ3n) is 3.37. The van der Waals surface area contributed by atoms with Gasteiger partial charge in [-0.05, 0) is 33.3 Å². The Morgan fingerprint density at radius 1 is 1.18 bits per heavy atom. The number of amides is 2. The zero-order valence-corrected chi connectivity index (χ0v) is 13.4. The molecule has 7 heteroatoms. The first kappa shape index (κ1) is 16.2. The normalized spacial score (nSPS) is 16.3. The lowest BCUT2D eigenvalue weighted by Gasteiger charge is -2.26. The Balaban J connectivity index is 1.95. The molecule has 1 saturated heterocycles. The molecule has 0 saturated carbocycles. The fraction of sp³-hybridized carbons (Fsp3) is 0.600. The van der Waals surface area contributed by atoms with Gasteiger partial charge in [0.15, 0.2) is 0 Å². The zero-order valence-electron chi connectivity index (χ0n) is 13.4. The molecule has 22 heavy (non-hydrogen) atoms. The van der Waals surface area contributed by atoms with Crippen molar-refractivity contribution in [1.29, 1.82) is 0 Å². The van der Waals surface area contributed by atoms with E-state index >= 15 is 0 Å². The van der Waals surface area contributed by atoms with Gasteiger partial charge in [-0.1, -0.05) is 0 Å². The molecule has 1 aromatic heterocycles. The van der Waals surface area contributed by atoms with Gasteiger partial charge in [-0.15, -0.1) is 0 Å². The van der Waals surface area contributed by atoms with Gasteiger partial charge in [0.1, 0.15) is 11.3 Å². The van der Waals surface area contributed by atoms with E-state index in [4.69, 9.17) is 10.5 Å². The number of hydrogen-bond acceptors (Lipinski definition) is 4. The molecule has 1 aliphatic rings. The standard InChI is InChI=1S/C15H24N4O3/c1-15(2,3)22-14(21)19-6-4-5-18(7-8-19)13(20)12-9-11(16)10-17-12/h9-10,17H,4-8,16H2,1-3H3. The molecule has 2 rings (SSSR count). The Morgan fingerprint density at radius 2 is 1.82 bits per heavy atom. The average Bonchev–Trinajstić information content (AvgIpc) is 2.70. The van der Waals surface area contributed by atoms with Crippen LogP contribution in [0.2, 0.25) is 0 Å². The first-order chi connectivity index (χ1) is 10.3. The number of nitrogen functional groups attached to an aromatic ring is 1. The number of anilines is 1. The van der Waals surface area contributed by atoms with E-state index in [0.29, 0.717) is 37.6 Å². The number of carbonyl (C=O) groups excluding carboxylic acids is 2. The van der Waals surface area contributed by atoms with Crippen molar-refractivity contribution < 1.29 is 14.3 Å². The number of rotatable bonds is 1. The fourth-order valence-electron chi connectivity index (χ4n) is 2.33. The number of nitrogens with zero attached hydrogens (tertiary/aromatic N) is 2. The highest BCUT2D eigenvalue weighted by molar-refractivity contribution is 5.93. The van der Waals surface area contributed by atoms with Gasteiger partial charge in [0.05, 0.1) is 0 Å². The molecule has 3 N–H and O–H groups in total. The summed E-state index contributed by atoms with van der Waals surface area (Å²) in [6.45, 7) is 7.67. The van der Waals surface area contributed by atoms with Crippen LogP contribution in [0.3, 0.4) is 0 Å². The van der Waals surface area contributed by atoms with Gasteiger partial charge in [0, 0.05) is 38.1 Å². The number of nitrogens with one attached hydrogen (secondary N) is 1. The molecule has 2 heterocycles. The number of aromatic amines is 1. The maximum Gasteiger partial charge on any atom is 0.410 e. The first-order valence-corrected chi connectivity index (χ1v) is 7.47. The predicted octanol–water partition coefficient (Wildman–Crippen LogP) is 1.68. The monoisotopic (exact) mass is 308 g/mol. The molecule has 0 aromatic carbocycles. The molecule has 1 aliphatic heterocycles. The largest absolute Gasteiger partial charge is 0.444 e. The average molecular weight is 308 g/mol. The van der Waals surface area contributed by atoms with Crippen LogP contribution in [-0.2, 0) is 4.74 Å². The number of carbonyl (C=O) groups is 2. The van der Waals surface area contributed by atoms with Crippen LogP contribution in [0, 0.1) is 0 Å². The maximum absolute atomic E-state index is 12.4. The highest BCUT2D eigenvalue weighted by Gasteiger charge is 2.26. The van der Waals surface area contributed by atoms with Crippen molar-refractivity contribution in [2.24, 2.45) is 0 Å². The van der Waals surface area contributed by atoms with E-state index in [9.17, 15) is 9.59 Å². The van der Waals surface area contributed by atoms with E-state index in [1.807, 2.05) is 20.8 Å². The second-order valence-electron chi connectivity index (χ2n) is 6.46. The van der Waals surface area contributed by atoms with Gasteiger partial charge in [-0.3, -0.25) is 4.79 Å². The Kier molecular flexibility index (Phi) is 4.63. The number of H-pyrrole nitrogens is 1. The van der Waals surface area contributed by atoms with E-state index < -0.39 is 5.60 Å². The molecule has 0 atom stereocenters. The van der Waals surface area contributed by atoms with E-state index in [-0.39, 0.29) is 12.0 Å². The van der Waals surface area contributed by atoms with E-state index in [1.54, 1.807) is 22.1 Å². The second kappa shape index (κ2) is 6.29. The minimum absolute atomic E-state index is 0.0947. The lowest BCUT2D eigenvalue weighted by molar-refractivity contribution is 0.0255. The SMILES string of the molecule is CC(C)(C)OC(=O)N1CCCN(C(=O)c2cc(N)c[nH]2)CC1. The van der Waals surface area contributed by atoms with Gasteiger partial charge >= 0.3 is 6.09 Å². The third-order valence-corrected chi connectivity index (χ3v) is 3.37. The van der Waals surface area contributed by atoms with Gasteiger partial charge in [-0.25, -0.2) is 4.79 Å². The highest BCUT2D eigenvalue weighted by atomic mass is 16.6. The predicted molar refractivity (Wildman–Crippen MR) is 83.5 cm³/mol. The molecule has 1 aromatic rings. The van der Waals surface area contributed by atoms with Crippen molar-refractivity contribution in [3.05, 3.63) is 18.0 Å². The van der Waals surface area contributed by atoms with Crippen LogP contribution in [0.4, 0.5) is 10.5 Å². The molecule has 0 radical (unpaired) electrons. The molecular weight excluding hydrogens is 284 g/mol. The number of ether oxygens (including phenoxy) is 1. The number of hydrogen-bond donors (Lipinski definition) is 2. The van der Waals surface area contributed by atoms with Gasteiger partial charge in [0.2, 0.25) is 0 Å². The minimum atomic E-state index is -0.513. The van der Waals surface area contributed by atoms with Crippen LogP contribution in [0.1, 0.15) is 37.7 Å². The third kappa shape index (κ3) is 4.16. The summed E-state index contributed by atoms with van der Waals surface area (Å²) in [6.07, 6.45) is 1.99. The molecular formula is C15H24N4O3. The smallest absolute Gasteiger partial charge is 0.410 e. The Bertz CT molecular complexity index is 547. The first-order valence-electron chi connectivity index (χ1n) is 7.47. The maximum atomic E-state index is 12.4. The fourth-order valence-corrected chi connectivity index (χ4v) is 2.33. The topological polar surface area (TPSA) is 91.7 Å². The number of aromatic nitrogens is 1. The van der Waals surface area contributed by atoms with Crippen LogP contribution < -0.4 is 5.73 Å². The van der Waals surface area contributed by atoms with Crippen LogP contribution in [0.5, 0.6) is 0 Å². The van der Waals surface area contributed by atoms with Gasteiger partial charge in [-0.2, -0.15) is 0 Å². The summed E-state index contributed by atoms with van der Waals surface area (Å²) in [5, 5.41) is 0. The van der Waals surface area contributed by atoms with Crippen molar-refractivity contribution in [3.63, 3.8) is 0 Å². The molecule has 122 valence electrons. The van der Waals surface area contributed by atoms with Crippen LogP contribution in [0.25, 0.3) is 0 Å². The van der Waals surface area contributed by atoms with Crippen LogP contribution >= 0.6 is 0 Å². The van der Waals surface area contributed by atoms with E-state index in [1.165, 1.54) is 0 Å². The van der Waals surface area contributed by atoms with Crippen molar-refractivity contribution in [2.45, 2.75) is 32.8 Å². The molecule has 0 unspecified atom stereocenters. The van der Waals surface area contributed by atoms with Crippen LogP contribution in [-0.4, -0.2) is 58.6 Å². The Hall–Kier alpha value is -2.18. The summed E-state index contributed by atoms with van der Waals surface area (Å²) in [6, 6.07) is 1.62. The van der Waals surface area contributed by atoms with Crippen LogP contribution in [0.15, 0.2) is 12.3 Å². The highest BCUT2D eigenvalue weighted by Crippen LogP contribution is 2.14. The Morgan fingerprint density at radius 3 is 2.41 bits per heavy atom. The molecule has 0 bridgehead atoms. The summed E-state index contributed by atoms with van der Waals surface area (Å²) in [5.41, 5.74) is 6.12. The lowest BCUT2D eigenvalue weighted by atomic mass is 10.2. The van der Waals surface area contributed by atoms with Crippen molar-refractivity contribution >= 4 is 17.7 Å². The summed E-state index contributed by atoms with van der Waals surface area (Å²) < 4.78 is 5.38. The summed E-state index contributed by atoms with van der Waals surface area (Å²) in [7, 11) is 0. The lowest BCUT2D eigenvalue weighted by Crippen LogP contribution is -2.40. The van der Waals surface area contributed by atoms with Gasteiger partial charge in [0.25, 0.3) is 5.91 Å². The Labute approximate surface area is 130 Å². The number of nitrogens with two attached hydrogens (primary N) is 1. The zero-order chi connectivity index (χ0) is 16.3. The minimum Gasteiger partial charge on any atom is -0.444 e. The van der Waals surface area contributed by atoms with E-state index in [2.05, 4.69) is 4.98 Å². The van der Waals surface area contributed by atoms with E-state index in [0.717, 1.165) is 6.42 Å². The second-order valence-corrected chi connectivity index (χ2v) is 6.46. The molecule has 2 amide bonds. The molecule has 1 fully saturated rings.